The summed E-state index contributed by atoms with van der Waals surface area (Å²) in [5.41, 5.74) is 1.37. The number of ether oxygens (including phenoxy) is 3. The van der Waals surface area contributed by atoms with Crippen LogP contribution in [0.5, 0.6) is 0 Å². The number of esters is 3. The summed E-state index contributed by atoms with van der Waals surface area (Å²) < 4.78 is 17.2. The van der Waals surface area contributed by atoms with Gasteiger partial charge in [-0.2, -0.15) is 0 Å². The van der Waals surface area contributed by atoms with Crippen LogP contribution in [0.15, 0.2) is 16.1 Å². The van der Waals surface area contributed by atoms with E-state index in [4.69, 9.17) is 19.2 Å². The summed E-state index contributed by atoms with van der Waals surface area (Å²) in [6, 6.07) is 0. The largest absolute Gasteiger partial charge is 0.469 e. The van der Waals surface area contributed by atoms with E-state index < -0.39 is 34.4 Å². The number of carbonyl (C=O) groups is 3. The fourth-order valence-corrected chi connectivity index (χ4v) is 9.77. The lowest BCUT2D eigenvalue weighted by molar-refractivity contribution is -0.245. The van der Waals surface area contributed by atoms with Crippen LogP contribution in [0.2, 0.25) is 0 Å². The van der Waals surface area contributed by atoms with Crippen molar-refractivity contribution in [3.63, 3.8) is 0 Å². The zero-order valence-corrected chi connectivity index (χ0v) is 21.0. The number of aliphatic imine (C=N–C) groups is 1. The van der Waals surface area contributed by atoms with Gasteiger partial charge >= 0.3 is 17.9 Å². The molecule has 1 heterocycles. The van der Waals surface area contributed by atoms with Gasteiger partial charge in [0.15, 0.2) is 0 Å². The summed E-state index contributed by atoms with van der Waals surface area (Å²) in [7, 11) is 1.44. The summed E-state index contributed by atoms with van der Waals surface area (Å²) in [4.78, 5) is 42.9. The van der Waals surface area contributed by atoms with Crippen LogP contribution in [0.4, 0.5) is 0 Å². The third kappa shape index (κ3) is 2.52. The number of aliphatic hydroxyl groups is 1. The topological polar surface area (TPSA) is 111 Å². The number of rotatable bonds is 4. The summed E-state index contributed by atoms with van der Waals surface area (Å²) in [6.07, 6.45) is 3.10. The third-order valence-corrected chi connectivity index (χ3v) is 10.8. The van der Waals surface area contributed by atoms with Gasteiger partial charge in [0, 0.05) is 36.9 Å². The van der Waals surface area contributed by atoms with Crippen molar-refractivity contribution in [2.75, 3.05) is 20.3 Å². The van der Waals surface area contributed by atoms with Gasteiger partial charge in [0.25, 0.3) is 0 Å². The minimum absolute atomic E-state index is 0.0306. The first-order valence-electron chi connectivity index (χ1n) is 13.0. The minimum atomic E-state index is -0.878. The van der Waals surface area contributed by atoms with Crippen molar-refractivity contribution >= 4 is 23.6 Å². The van der Waals surface area contributed by atoms with E-state index in [-0.39, 0.29) is 42.2 Å². The number of carbonyl (C=O) groups excluding carboxylic acids is 3. The van der Waals surface area contributed by atoms with Crippen molar-refractivity contribution in [3.8, 4) is 0 Å². The molecule has 4 fully saturated rings. The van der Waals surface area contributed by atoms with Crippen molar-refractivity contribution in [3.05, 3.63) is 11.1 Å². The van der Waals surface area contributed by atoms with Gasteiger partial charge in [-0.3, -0.25) is 19.4 Å². The van der Waals surface area contributed by atoms with E-state index >= 15 is 0 Å². The molecule has 8 heteroatoms. The molecule has 0 aromatic heterocycles. The molecule has 0 aromatic rings. The van der Waals surface area contributed by atoms with Crippen LogP contribution < -0.4 is 0 Å². The Bertz CT molecular complexity index is 1080. The van der Waals surface area contributed by atoms with Crippen molar-refractivity contribution in [1.82, 2.24) is 0 Å². The Morgan fingerprint density at radius 3 is 2.54 bits per heavy atom. The molecule has 0 saturated heterocycles. The van der Waals surface area contributed by atoms with E-state index in [0.717, 1.165) is 31.4 Å². The third-order valence-electron chi connectivity index (χ3n) is 10.8. The lowest BCUT2D eigenvalue weighted by atomic mass is 9.34. The molecule has 4 bridgehead atoms. The molecule has 6 aliphatic carbocycles. The molecule has 4 saturated carbocycles. The Labute approximate surface area is 205 Å². The van der Waals surface area contributed by atoms with Gasteiger partial charge in [0.05, 0.1) is 24.5 Å². The zero-order valence-electron chi connectivity index (χ0n) is 21.0. The Kier molecular flexibility index (Phi) is 4.91. The van der Waals surface area contributed by atoms with E-state index in [1.54, 1.807) is 0 Å². The van der Waals surface area contributed by atoms with E-state index in [1.807, 2.05) is 0 Å². The van der Waals surface area contributed by atoms with Crippen LogP contribution in [-0.4, -0.2) is 61.2 Å². The Morgan fingerprint density at radius 2 is 1.86 bits per heavy atom. The molecule has 7 rings (SSSR count). The highest BCUT2D eigenvalue weighted by molar-refractivity contribution is 6.04. The molecule has 9 atom stereocenters. The fraction of sp³-hybridized carbons (Fsp3) is 0.778. The van der Waals surface area contributed by atoms with Gasteiger partial charge in [-0.25, -0.2) is 0 Å². The number of aliphatic hydroxyl groups excluding tert-OH is 1. The van der Waals surface area contributed by atoms with E-state index in [2.05, 4.69) is 6.92 Å². The van der Waals surface area contributed by atoms with Gasteiger partial charge in [0.1, 0.15) is 12.7 Å². The van der Waals surface area contributed by atoms with Gasteiger partial charge in [-0.15, -0.1) is 0 Å². The first-order valence-corrected chi connectivity index (χ1v) is 13.0. The van der Waals surface area contributed by atoms with Crippen LogP contribution in [0.3, 0.4) is 0 Å². The van der Waals surface area contributed by atoms with E-state index in [9.17, 15) is 19.5 Å². The quantitative estimate of drug-likeness (QED) is 0.370. The Morgan fingerprint density at radius 1 is 1.11 bits per heavy atom. The first-order chi connectivity index (χ1) is 16.6. The molecule has 0 radical (unpaired) electrons. The summed E-state index contributed by atoms with van der Waals surface area (Å²) >= 11 is 0. The van der Waals surface area contributed by atoms with Gasteiger partial charge in [0.2, 0.25) is 0 Å². The maximum atomic E-state index is 13.1. The number of fused-ring (bicyclic) bond motifs is 1. The highest BCUT2D eigenvalue weighted by Gasteiger charge is 2.83. The predicted molar refractivity (Wildman–Crippen MR) is 124 cm³/mol. The molecule has 1 unspecified atom stereocenters. The minimum Gasteiger partial charge on any atom is -0.469 e. The number of hydrogen-bond donors (Lipinski definition) is 1. The van der Waals surface area contributed by atoms with Crippen LogP contribution in [0.25, 0.3) is 0 Å². The maximum Gasteiger partial charge on any atom is 0.309 e. The number of nitrogens with zero attached hydrogens (tertiary/aromatic N) is 1. The maximum absolute atomic E-state index is 13.1. The molecular weight excluding hydrogens is 450 g/mol. The summed E-state index contributed by atoms with van der Waals surface area (Å²) in [5, 5.41) is 12.1. The van der Waals surface area contributed by atoms with Crippen LogP contribution in [0, 0.1) is 39.9 Å². The van der Waals surface area contributed by atoms with Gasteiger partial charge < -0.3 is 19.3 Å². The molecule has 0 amide bonds. The second-order valence-electron chi connectivity index (χ2n) is 11.7. The van der Waals surface area contributed by atoms with Crippen molar-refractivity contribution in [2.24, 2.45) is 44.9 Å². The monoisotopic (exact) mass is 485 g/mol. The van der Waals surface area contributed by atoms with E-state index in [0.29, 0.717) is 19.4 Å². The number of hydrogen-bond acceptors (Lipinski definition) is 8. The van der Waals surface area contributed by atoms with Gasteiger partial charge in [-0.05, 0) is 56.3 Å². The first kappa shape index (κ1) is 23.2. The second kappa shape index (κ2) is 7.40. The van der Waals surface area contributed by atoms with Crippen molar-refractivity contribution in [1.29, 1.82) is 0 Å². The van der Waals surface area contributed by atoms with Gasteiger partial charge in [-0.1, -0.05) is 18.1 Å². The normalized spacial score (nSPS) is 46.5. The highest BCUT2D eigenvalue weighted by Crippen LogP contribution is 2.79. The molecule has 1 N–H and O–H groups in total. The predicted octanol–water partition coefficient (Wildman–Crippen LogP) is 2.62. The average Bonchev–Trinajstić information content (AvgIpc) is 3.45. The smallest absolute Gasteiger partial charge is 0.309 e. The Balaban J connectivity index is 1.67. The number of methoxy groups -OCH3 is 1. The standard InChI is InChI=1S/C27H35NO7/c1-13-11-28-24-25(13)10-20(35-15(3)30)27(12-34-14(2)29)19(22(25)31)8-6-16-5-7-17-18(23(32)33-4)9-26(24,27)21(16)17/h13,17-20,22,31H,5-12H2,1-4H3/t13-,17-,18-,19-,20?,22-,25+,26-,27+/m1/s1. The molecule has 35 heavy (non-hydrogen) atoms. The van der Waals surface area contributed by atoms with Crippen molar-refractivity contribution < 1.29 is 33.7 Å². The SMILES string of the molecule is COC(=O)[C@@H]1C[C@@]23C4=NC[C@@H](C)[C@]45CC(OC(C)=O)[C@]2(COC(C)=O)[C@H](CCC2=C3[C@@H]1CC2)[C@H]5O. The Hall–Kier alpha value is -2.22. The summed E-state index contributed by atoms with van der Waals surface area (Å²) in [5.74, 6) is -1.48. The van der Waals surface area contributed by atoms with Crippen molar-refractivity contribution in [2.45, 2.75) is 71.5 Å². The lowest BCUT2D eigenvalue weighted by Gasteiger charge is -2.70. The second-order valence-corrected chi connectivity index (χ2v) is 11.7. The molecule has 0 aromatic carbocycles. The van der Waals surface area contributed by atoms with Crippen LogP contribution in [-0.2, 0) is 28.6 Å². The van der Waals surface area contributed by atoms with Crippen LogP contribution >= 0.6 is 0 Å². The molecular formula is C27H35NO7. The molecule has 1 aliphatic heterocycles. The molecule has 190 valence electrons. The lowest BCUT2D eigenvalue weighted by Crippen LogP contribution is -2.78. The number of allylic oxidation sites excluding steroid dienone is 2. The highest BCUT2D eigenvalue weighted by atomic mass is 16.6. The van der Waals surface area contributed by atoms with Crippen LogP contribution in [0.1, 0.15) is 59.3 Å². The molecule has 8 nitrogen and oxygen atoms in total. The van der Waals surface area contributed by atoms with E-state index in [1.165, 1.54) is 32.1 Å². The fourth-order valence-electron chi connectivity index (χ4n) is 9.77. The average molecular weight is 486 g/mol. The summed E-state index contributed by atoms with van der Waals surface area (Å²) in [6.45, 7) is 5.55. The zero-order chi connectivity index (χ0) is 24.9. The molecule has 7 aliphatic rings. The molecule has 2 spiro atoms.